The second-order valence-electron chi connectivity index (χ2n) is 2.01. The summed E-state index contributed by atoms with van der Waals surface area (Å²) in [6, 6.07) is 0. The average Bonchev–Trinajstić information content (AvgIpc) is 1.85. The van der Waals surface area contributed by atoms with Crippen LogP contribution in [0.1, 0.15) is 13.3 Å². The monoisotopic (exact) mass is 188 g/mol. The van der Waals surface area contributed by atoms with E-state index in [9.17, 15) is 14.5 Å². The zero-order chi connectivity index (χ0) is 8.20. The second-order valence-corrected chi connectivity index (χ2v) is 4.78. The Bertz CT molecular complexity index is 170. The van der Waals surface area contributed by atoms with E-state index in [1.165, 1.54) is 0 Å². The van der Waals surface area contributed by atoms with Gasteiger partial charge in [0.1, 0.15) is 0 Å². The fraction of sp³-hybridized carbons (Fsp3) is 0.800. The van der Waals surface area contributed by atoms with Crippen LogP contribution >= 0.6 is 7.37 Å². The molecule has 6 heteroatoms. The molecule has 0 amide bonds. The molecule has 0 spiro atoms. The molecule has 0 aromatic heterocycles. The smallest absolute Gasteiger partial charge is 0.550 e. The van der Waals surface area contributed by atoms with Crippen molar-refractivity contribution in [2.24, 2.45) is 0 Å². The van der Waals surface area contributed by atoms with E-state index in [-0.39, 0.29) is 48.3 Å². The minimum atomic E-state index is -3.15. The van der Waals surface area contributed by atoms with Crippen LogP contribution in [0.5, 0.6) is 0 Å². The fourth-order valence-corrected chi connectivity index (χ4v) is 1.27. The summed E-state index contributed by atoms with van der Waals surface area (Å²) < 4.78 is 10.8. The minimum Gasteiger partial charge on any atom is -0.550 e. The molecule has 0 saturated carbocycles. The summed E-state index contributed by atoms with van der Waals surface area (Å²) in [5, 5.41) is 9.82. The Morgan fingerprint density at radius 3 is 2.36 bits per heavy atom. The van der Waals surface area contributed by atoms with Crippen molar-refractivity contribution < 1.29 is 48.9 Å². The molecule has 0 aliphatic heterocycles. The van der Waals surface area contributed by atoms with E-state index in [0.29, 0.717) is 0 Å². The number of rotatable bonds is 4. The standard InChI is InChI=1S/C5H11O4P.Na/c1-2-10(8,9)4-3-5(6)7;/h2-4H2,1H3,(H,6,7)(H,8,9);/q;+1/p-1. The molecule has 0 aromatic carbocycles. The molecule has 11 heavy (non-hydrogen) atoms. The van der Waals surface area contributed by atoms with E-state index in [4.69, 9.17) is 4.89 Å². The van der Waals surface area contributed by atoms with Crippen molar-refractivity contribution in [2.45, 2.75) is 13.3 Å². The first-order chi connectivity index (χ1) is 4.48. The molecule has 1 unspecified atom stereocenters. The van der Waals surface area contributed by atoms with E-state index in [0.717, 1.165) is 0 Å². The van der Waals surface area contributed by atoms with Crippen molar-refractivity contribution in [1.29, 1.82) is 0 Å². The number of aliphatic carboxylic acids is 1. The molecule has 0 aliphatic carbocycles. The molecule has 0 saturated heterocycles. The van der Waals surface area contributed by atoms with Gasteiger partial charge in [-0.1, -0.05) is 6.92 Å². The summed E-state index contributed by atoms with van der Waals surface area (Å²) in [4.78, 5) is 18.7. The van der Waals surface area contributed by atoms with Crippen LogP contribution < -0.4 is 34.7 Å². The Morgan fingerprint density at radius 2 is 2.09 bits per heavy atom. The predicted octanol–water partition coefficient (Wildman–Crippen LogP) is -3.58. The molecule has 1 N–H and O–H groups in total. The summed E-state index contributed by atoms with van der Waals surface area (Å²) in [5.74, 6) is -1.28. The van der Waals surface area contributed by atoms with E-state index >= 15 is 0 Å². The first kappa shape index (κ1) is 14.2. The van der Waals surface area contributed by atoms with Gasteiger partial charge in [0.15, 0.2) is 0 Å². The Balaban J connectivity index is 0. The van der Waals surface area contributed by atoms with Gasteiger partial charge in [-0.05, 0) is 6.42 Å². The molecule has 0 bridgehead atoms. The van der Waals surface area contributed by atoms with Gasteiger partial charge >= 0.3 is 29.6 Å². The topological polar surface area (TPSA) is 77.4 Å². The molecule has 0 aliphatic rings. The first-order valence-electron chi connectivity index (χ1n) is 2.98. The molecule has 0 rings (SSSR count). The van der Waals surface area contributed by atoms with Crippen LogP contribution in [0, 0.1) is 0 Å². The van der Waals surface area contributed by atoms with E-state index < -0.39 is 13.3 Å². The van der Waals surface area contributed by atoms with Gasteiger partial charge in [-0.25, -0.2) is 0 Å². The normalized spacial score (nSPS) is 14.7. The third-order valence-electron chi connectivity index (χ3n) is 1.16. The number of hydrogen-bond donors (Lipinski definition) is 1. The van der Waals surface area contributed by atoms with Crippen molar-refractivity contribution in [3.8, 4) is 0 Å². The Morgan fingerprint density at radius 1 is 1.64 bits per heavy atom. The Kier molecular flexibility index (Phi) is 8.01. The predicted molar refractivity (Wildman–Crippen MR) is 34.9 cm³/mol. The van der Waals surface area contributed by atoms with Crippen molar-refractivity contribution >= 4 is 13.3 Å². The second kappa shape index (κ2) is 6.21. The number of carboxylic acids is 1. The SMILES string of the molecule is CCP(=O)(O)CCC(=O)[O-].[Na+]. The Hall–Kier alpha value is 0.660. The third kappa shape index (κ3) is 8.57. The number of carboxylic acid groups (broad SMARTS) is 1. The van der Waals surface area contributed by atoms with Crippen LogP contribution in [0.2, 0.25) is 0 Å². The maximum Gasteiger partial charge on any atom is 1.00 e. The van der Waals surface area contributed by atoms with Crippen LogP contribution in [0.4, 0.5) is 0 Å². The van der Waals surface area contributed by atoms with Crippen LogP contribution in [0.25, 0.3) is 0 Å². The zero-order valence-electron chi connectivity index (χ0n) is 6.74. The van der Waals surface area contributed by atoms with Gasteiger partial charge in [-0.15, -0.1) is 0 Å². The number of carbonyl (C=O) groups excluding carboxylic acids is 1. The molecule has 0 heterocycles. The third-order valence-corrected chi connectivity index (χ3v) is 3.07. The largest absolute Gasteiger partial charge is 1.00 e. The minimum absolute atomic E-state index is 0. The Labute approximate surface area is 87.7 Å². The van der Waals surface area contributed by atoms with Gasteiger partial charge < -0.3 is 14.8 Å². The maximum atomic E-state index is 10.8. The van der Waals surface area contributed by atoms with Crippen molar-refractivity contribution in [3.63, 3.8) is 0 Å². The van der Waals surface area contributed by atoms with Crippen LogP contribution in [0.3, 0.4) is 0 Å². The van der Waals surface area contributed by atoms with Gasteiger partial charge in [-0.3, -0.25) is 4.57 Å². The maximum absolute atomic E-state index is 10.8. The molecule has 0 fully saturated rings. The van der Waals surface area contributed by atoms with E-state index in [1.54, 1.807) is 6.92 Å². The molecule has 1 atom stereocenters. The van der Waals surface area contributed by atoms with Crippen LogP contribution in [0.15, 0.2) is 0 Å². The number of hydrogen-bond acceptors (Lipinski definition) is 3. The quantitative estimate of drug-likeness (QED) is 0.365. The summed E-state index contributed by atoms with van der Waals surface area (Å²) in [6.45, 7) is 1.55. The average molecular weight is 188 g/mol. The summed E-state index contributed by atoms with van der Waals surface area (Å²) >= 11 is 0. The number of carbonyl (C=O) groups is 1. The molecule has 0 aromatic rings. The van der Waals surface area contributed by atoms with E-state index in [1.807, 2.05) is 0 Å². The molecule has 0 radical (unpaired) electrons. The first-order valence-corrected chi connectivity index (χ1v) is 5.01. The van der Waals surface area contributed by atoms with Crippen LogP contribution in [-0.4, -0.2) is 23.2 Å². The molecule has 60 valence electrons. The van der Waals surface area contributed by atoms with Crippen molar-refractivity contribution in [2.75, 3.05) is 12.3 Å². The molecular formula is C5H10NaO4P. The van der Waals surface area contributed by atoms with Gasteiger partial charge in [0, 0.05) is 18.3 Å². The molecular weight excluding hydrogens is 178 g/mol. The summed E-state index contributed by atoms with van der Waals surface area (Å²) in [6.07, 6.45) is -0.381. The summed E-state index contributed by atoms with van der Waals surface area (Å²) in [7, 11) is -3.15. The van der Waals surface area contributed by atoms with E-state index in [2.05, 4.69) is 0 Å². The van der Waals surface area contributed by atoms with Crippen molar-refractivity contribution in [1.82, 2.24) is 0 Å². The summed E-state index contributed by atoms with van der Waals surface area (Å²) in [5.41, 5.74) is 0. The van der Waals surface area contributed by atoms with Gasteiger partial charge in [-0.2, -0.15) is 0 Å². The zero-order valence-corrected chi connectivity index (χ0v) is 9.63. The van der Waals surface area contributed by atoms with Gasteiger partial charge in [0.05, 0.1) is 0 Å². The fourth-order valence-electron chi connectivity index (χ4n) is 0.424. The van der Waals surface area contributed by atoms with Crippen molar-refractivity contribution in [3.05, 3.63) is 0 Å². The van der Waals surface area contributed by atoms with Crippen LogP contribution in [-0.2, 0) is 9.36 Å². The van der Waals surface area contributed by atoms with Gasteiger partial charge in [0.2, 0.25) is 7.37 Å². The van der Waals surface area contributed by atoms with Gasteiger partial charge in [0.25, 0.3) is 0 Å². The molecule has 4 nitrogen and oxygen atoms in total.